The molecule has 0 aliphatic heterocycles. The maximum absolute atomic E-state index is 12.2. The third kappa shape index (κ3) is 5.20. The van der Waals surface area contributed by atoms with Crippen LogP contribution in [0.4, 0.5) is 0 Å². The van der Waals surface area contributed by atoms with Gasteiger partial charge in [-0.15, -0.1) is 10.2 Å². The molecule has 0 unspecified atom stereocenters. The van der Waals surface area contributed by atoms with Crippen LogP contribution < -0.4 is 5.32 Å². The van der Waals surface area contributed by atoms with Gasteiger partial charge >= 0.3 is 0 Å². The molecule has 1 N–H and O–H groups in total. The van der Waals surface area contributed by atoms with Gasteiger partial charge < -0.3 is 5.32 Å². The molecule has 140 valence electrons. The van der Waals surface area contributed by atoms with Gasteiger partial charge in [-0.05, 0) is 43.9 Å². The highest BCUT2D eigenvalue weighted by molar-refractivity contribution is 7.99. The third-order valence-corrected chi connectivity index (χ3v) is 5.22. The Morgan fingerprint density at radius 3 is 2.56 bits per heavy atom. The highest BCUT2D eigenvalue weighted by atomic mass is 32.2. The molecule has 0 spiro atoms. The maximum atomic E-state index is 12.2. The molecule has 0 atom stereocenters. The third-order valence-electron chi connectivity index (χ3n) is 4.29. The lowest BCUT2D eigenvalue weighted by molar-refractivity contribution is -0.118. The van der Waals surface area contributed by atoms with Crippen molar-refractivity contribution >= 4 is 17.7 Å². The number of hydrogen-bond acceptors (Lipinski definition) is 4. The number of aryl methyl sites for hydroxylation is 3. The number of aromatic nitrogens is 3. The van der Waals surface area contributed by atoms with E-state index < -0.39 is 0 Å². The molecule has 3 aromatic rings. The summed E-state index contributed by atoms with van der Waals surface area (Å²) in [7, 11) is 0. The molecule has 0 aliphatic rings. The van der Waals surface area contributed by atoms with Gasteiger partial charge in [0, 0.05) is 6.54 Å². The molecule has 1 aromatic heterocycles. The number of thioether (sulfide) groups is 1. The molecule has 0 bridgehead atoms. The van der Waals surface area contributed by atoms with Gasteiger partial charge in [-0.2, -0.15) is 0 Å². The summed E-state index contributed by atoms with van der Waals surface area (Å²) in [6.07, 6.45) is 1.90. The number of carbonyl (C=O) groups excluding carboxylic acids is 1. The van der Waals surface area contributed by atoms with Gasteiger partial charge in [0.15, 0.2) is 5.16 Å². The minimum atomic E-state index is 0.0186. The predicted molar refractivity (Wildman–Crippen MR) is 109 cm³/mol. The Hall–Kier alpha value is -2.60. The number of amides is 1. The van der Waals surface area contributed by atoms with Crippen LogP contribution in [0.15, 0.2) is 59.8 Å². The van der Waals surface area contributed by atoms with E-state index in [1.54, 1.807) is 0 Å². The zero-order valence-corrected chi connectivity index (χ0v) is 16.5. The predicted octanol–water partition coefficient (Wildman–Crippen LogP) is 3.73. The van der Waals surface area contributed by atoms with Crippen molar-refractivity contribution in [2.45, 2.75) is 31.8 Å². The lowest BCUT2D eigenvalue weighted by atomic mass is 10.1. The summed E-state index contributed by atoms with van der Waals surface area (Å²) in [5, 5.41) is 12.1. The van der Waals surface area contributed by atoms with Crippen LogP contribution in [0, 0.1) is 13.8 Å². The molecular weight excluding hydrogens is 356 g/mol. The van der Waals surface area contributed by atoms with Crippen LogP contribution in [0.1, 0.15) is 23.4 Å². The van der Waals surface area contributed by atoms with Crippen molar-refractivity contribution in [2.24, 2.45) is 0 Å². The molecule has 2 aromatic carbocycles. The molecule has 1 amide bonds. The minimum absolute atomic E-state index is 0.0186. The number of nitrogens with zero attached hydrogens (tertiary/aromatic N) is 3. The van der Waals surface area contributed by atoms with E-state index in [0.29, 0.717) is 12.3 Å². The second-order valence-electron chi connectivity index (χ2n) is 6.38. The molecule has 1 heterocycles. The van der Waals surface area contributed by atoms with E-state index in [1.165, 1.54) is 17.3 Å². The Labute approximate surface area is 164 Å². The van der Waals surface area contributed by atoms with Gasteiger partial charge in [-0.25, -0.2) is 0 Å². The van der Waals surface area contributed by atoms with Gasteiger partial charge in [0.25, 0.3) is 0 Å². The molecule has 0 saturated heterocycles. The number of para-hydroxylation sites is 1. The van der Waals surface area contributed by atoms with Gasteiger partial charge in [-0.1, -0.05) is 60.3 Å². The molecule has 0 fully saturated rings. The molecule has 6 heteroatoms. The smallest absolute Gasteiger partial charge is 0.230 e. The molecule has 5 nitrogen and oxygen atoms in total. The highest BCUT2D eigenvalue weighted by Crippen LogP contribution is 2.23. The Bertz CT molecular complexity index is 892. The van der Waals surface area contributed by atoms with Crippen molar-refractivity contribution in [1.29, 1.82) is 0 Å². The Morgan fingerprint density at radius 2 is 1.78 bits per heavy atom. The van der Waals surface area contributed by atoms with E-state index in [4.69, 9.17) is 0 Å². The highest BCUT2D eigenvalue weighted by Gasteiger charge is 2.14. The van der Waals surface area contributed by atoms with E-state index in [9.17, 15) is 4.79 Å². The van der Waals surface area contributed by atoms with Gasteiger partial charge in [-0.3, -0.25) is 9.36 Å². The topological polar surface area (TPSA) is 59.8 Å². The van der Waals surface area contributed by atoms with E-state index in [1.807, 2.05) is 47.9 Å². The lowest BCUT2D eigenvalue weighted by Crippen LogP contribution is -2.26. The Balaban J connectivity index is 1.50. The summed E-state index contributed by atoms with van der Waals surface area (Å²) in [4.78, 5) is 12.2. The normalized spacial score (nSPS) is 10.7. The summed E-state index contributed by atoms with van der Waals surface area (Å²) < 4.78 is 2.00. The van der Waals surface area contributed by atoms with Crippen LogP contribution in [0.25, 0.3) is 5.69 Å². The second kappa shape index (κ2) is 9.37. The summed E-state index contributed by atoms with van der Waals surface area (Å²) in [6, 6.07) is 18.4. The van der Waals surface area contributed by atoms with Crippen molar-refractivity contribution in [2.75, 3.05) is 12.3 Å². The Morgan fingerprint density at radius 1 is 1.04 bits per heavy atom. The van der Waals surface area contributed by atoms with Crippen molar-refractivity contribution in [3.05, 3.63) is 71.5 Å². The minimum Gasteiger partial charge on any atom is -0.355 e. The number of carbonyl (C=O) groups is 1. The van der Waals surface area contributed by atoms with Crippen LogP contribution >= 0.6 is 11.8 Å². The zero-order valence-electron chi connectivity index (χ0n) is 15.7. The molecule has 0 radical (unpaired) electrons. The van der Waals surface area contributed by atoms with Crippen molar-refractivity contribution in [3.63, 3.8) is 0 Å². The summed E-state index contributed by atoms with van der Waals surface area (Å²) in [6.45, 7) is 4.66. The molecule has 0 aliphatic carbocycles. The largest absolute Gasteiger partial charge is 0.355 e. The van der Waals surface area contributed by atoms with E-state index in [2.05, 4.69) is 40.6 Å². The van der Waals surface area contributed by atoms with E-state index >= 15 is 0 Å². The number of hydrogen-bond donors (Lipinski definition) is 1. The fraction of sp³-hybridized carbons (Fsp3) is 0.286. The van der Waals surface area contributed by atoms with Gasteiger partial charge in [0.1, 0.15) is 5.82 Å². The first kappa shape index (κ1) is 19.2. The molecule has 0 saturated carbocycles. The van der Waals surface area contributed by atoms with Crippen LogP contribution in [0.3, 0.4) is 0 Å². The zero-order chi connectivity index (χ0) is 19.1. The van der Waals surface area contributed by atoms with Crippen molar-refractivity contribution in [3.8, 4) is 5.69 Å². The fourth-order valence-electron chi connectivity index (χ4n) is 2.87. The first-order chi connectivity index (χ1) is 13.1. The monoisotopic (exact) mass is 380 g/mol. The average Bonchev–Trinajstić information content (AvgIpc) is 3.05. The van der Waals surface area contributed by atoms with E-state index in [-0.39, 0.29) is 5.91 Å². The quantitative estimate of drug-likeness (QED) is 0.478. The first-order valence-corrected chi connectivity index (χ1v) is 10.0. The maximum Gasteiger partial charge on any atom is 0.230 e. The Kier molecular flexibility index (Phi) is 6.65. The number of benzene rings is 2. The SMILES string of the molecule is Cc1ccccc1-n1c(C)nnc1SCC(=O)NCCCc1ccccc1. The van der Waals surface area contributed by atoms with Crippen LogP contribution in [-0.4, -0.2) is 33.0 Å². The first-order valence-electron chi connectivity index (χ1n) is 9.06. The number of nitrogens with one attached hydrogen (secondary N) is 1. The standard InChI is InChI=1S/C21H24N4OS/c1-16-9-6-7-13-19(16)25-17(2)23-24-21(25)27-15-20(26)22-14-8-12-18-10-4-3-5-11-18/h3-7,9-11,13H,8,12,14-15H2,1-2H3,(H,22,26). The number of rotatable bonds is 8. The summed E-state index contributed by atoms with van der Waals surface area (Å²) in [5.41, 5.74) is 3.49. The second-order valence-corrected chi connectivity index (χ2v) is 7.32. The van der Waals surface area contributed by atoms with Crippen LogP contribution in [0.5, 0.6) is 0 Å². The van der Waals surface area contributed by atoms with Gasteiger partial charge in [0.05, 0.1) is 11.4 Å². The molecule has 27 heavy (non-hydrogen) atoms. The van der Waals surface area contributed by atoms with Crippen molar-refractivity contribution in [1.82, 2.24) is 20.1 Å². The molecule has 3 rings (SSSR count). The lowest BCUT2D eigenvalue weighted by Gasteiger charge is -2.11. The molecular formula is C21H24N4OS. The van der Waals surface area contributed by atoms with Gasteiger partial charge in [0.2, 0.25) is 5.91 Å². The van der Waals surface area contributed by atoms with E-state index in [0.717, 1.165) is 35.1 Å². The van der Waals surface area contributed by atoms with Crippen molar-refractivity contribution < 1.29 is 4.79 Å². The van der Waals surface area contributed by atoms with Crippen LogP contribution in [-0.2, 0) is 11.2 Å². The summed E-state index contributed by atoms with van der Waals surface area (Å²) in [5.74, 6) is 1.16. The van der Waals surface area contributed by atoms with Crippen LogP contribution in [0.2, 0.25) is 0 Å². The summed E-state index contributed by atoms with van der Waals surface area (Å²) >= 11 is 1.41. The average molecular weight is 381 g/mol. The fourth-order valence-corrected chi connectivity index (χ4v) is 3.69.